The van der Waals surface area contributed by atoms with Crippen LogP contribution in [0.1, 0.15) is 17.0 Å². The van der Waals surface area contributed by atoms with Crippen LogP contribution in [0.2, 0.25) is 0 Å². The number of halogens is 1. The molecule has 0 spiro atoms. The van der Waals surface area contributed by atoms with Crippen LogP contribution in [0.25, 0.3) is 0 Å². The van der Waals surface area contributed by atoms with Crippen molar-refractivity contribution in [1.29, 1.82) is 0 Å². The third kappa shape index (κ3) is 1.75. The summed E-state index contributed by atoms with van der Waals surface area (Å²) in [6.45, 7) is -0.0401. The lowest BCUT2D eigenvalue weighted by molar-refractivity contribution is 0.264. The number of ether oxygens (including phenoxy) is 1. The quantitative estimate of drug-likeness (QED) is 0.839. The molecule has 1 aliphatic heterocycles. The van der Waals surface area contributed by atoms with Gasteiger partial charge in [-0.25, -0.2) is 4.39 Å². The Bertz CT molecular complexity index is 586. The maximum Gasteiger partial charge on any atom is 0.151 e. The summed E-state index contributed by atoms with van der Waals surface area (Å²) in [4.78, 5) is 3.80. The molecule has 0 aliphatic carbocycles. The topological polar surface area (TPSA) is 42.4 Å². The summed E-state index contributed by atoms with van der Waals surface area (Å²) in [7, 11) is 0. The van der Waals surface area contributed by atoms with E-state index >= 15 is 0 Å². The Hall–Kier alpha value is -1.94. The van der Waals surface area contributed by atoms with Gasteiger partial charge in [-0.15, -0.1) is 0 Å². The minimum absolute atomic E-state index is 0.0401. The van der Waals surface area contributed by atoms with E-state index in [1.54, 1.807) is 0 Å². The second-order valence-corrected chi connectivity index (χ2v) is 4.32. The lowest BCUT2D eigenvalue weighted by atomic mass is 9.93. The molecule has 3 rings (SSSR count). The Balaban J connectivity index is 2.16. The van der Waals surface area contributed by atoms with E-state index in [2.05, 4.69) is 4.98 Å². The van der Waals surface area contributed by atoms with Crippen LogP contribution in [-0.2, 0) is 6.42 Å². The molecule has 2 heterocycles. The molecule has 1 N–H and O–H groups in total. The van der Waals surface area contributed by atoms with Gasteiger partial charge in [0, 0.05) is 17.0 Å². The van der Waals surface area contributed by atoms with Gasteiger partial charge in [0.25, 0.3) is 0 Å². The van der Waals surface area contributed by atoms with E-state index in [4.69, 9.17) is 4.74 Å². The molecule has 3 nitrogen and oxygen atoms in total. The fourth-order valence-corrected chi connectivity index (χ4v) is 2.28. The van der Waals surface area contributed by atoms with Crippen molar-refractivity contribution in [3.8, 4) is 11.5 Å². The van der Waals surface area contributed by atoms with Crippen molar-refractivity contribution in [2.75, 3.05) is 6.61 Å². The van der Waals surface area contributed by atoms with Crippen molar-refractivity contribution in [2.45, 2.75) is 12.3 Å². The van der Waals surface area contributed by atoms with Crippen LogP contribution in [0.5, 0.6) is 11.5 Å². The first-order valence-electron chi connectivity index (χ1n) is 5.79. The van der Waals surface area contributed by atoms with Crippen LogP contribution in [0.3, 0.4) is 0 Å². The molecule has 18 heavy (non-hydrogen) atoms. The number of aliphatic hydroxyl groups is 1. The van der Waals surface area contributed by atoms with E-state index < -0.39 is 5.82 Å². The van der Waals surface area contributed by atoms with Crippen molar-refractivity contribution in [2.24, 2.45) is 0 Å². The summed E-state index contributed by atoms with van der Waals surface area (Å²) in [5.74, 6) is 0.541. The highest BCUT2D eigenvalue weighted by Crippen LogP contribution is 2.39. The fourth-order valence-electron chi connectivity index (χ4n) is 2.28. The van der Waals surface area contributed by atoms with Gasteiger partial charge in [0.15, 0.2) is 5.75 Å². The number of aromatic nitrogens is 1. The summed E-state index contributed by atoms with van der Waals surface area (Å²) in [6, 6.07) is 7.45. The van der Waals surface area contributed by atoms with Gasteiger partial charge in [-0.3, -0.25) is 4.98 Å². The number of hydrogen-bond donors (Lipinski definition) is 1. The highest BCUT2D eigenvalue weighted by atomic mass is 19.1. The smallest absolute Gasteiger partial charge is 0.151 e. The third-order valence-corrected chi connectivity index (χ3v) is 3.22. The summed E-state index contributed by atoms with van der Waals surface area (Å²) >= 11 is 0. The molecule has 1 aliphatic rings. The summed E-state index contributed by atoms with van der Waals surface area (Å²) < 4.78 is 19.5. The van der Waals surface area contributed by atoms with E-state index in [-0.39, 0.29) is 12.5 Å². The second kappa shape index (κ2) is 4.38. The zero-order valence-electron chi connectivity index (χ0n) is 9.64. The Morgan fingerprint density at radius 1 is 1.28 bits per heavy atom. The molecule has 0 radical (unpaired) electrons. The van der Waals surface area contributed by atoms with Crippen LogP contribution < -0.4 is 4.74 Å². The first kappa shape index (κ1) is 11.2. The maximum atomic E-state index is 13.8. The number of fused-ring (bicyclic) bond motifs is 2. The first-order valence-corrected chi connectivity index (χ1v) is 5.79. The number of hydrogen-bond acceptors (Lipinski definition) is 3. The molecule has 0 saturated heterocycles. The molecule has 0 amide bonds. The third-order valence-electron chi connectivity index (χ3n) is 3.22. The molecule has 1 atom stereocenters. The largest absolute Gasteiger partial charge is 0.455 e. The van der Waals surface area contributed by atoms with Gasteiger partial charge in [-0.1, -0.05) is 18.2 Å². The van der Waals surface area contributed by atoms with Crippen molar-refractivity contribution >= 4 is 0 Å². The average molecular weight is 245 g/mol. The minimum Gasteiger partial charge on any atom is -0.455 e. The van der Waals surface area contributed by atoms with Gasteiger partial charge in [-0.2, -0.15) is 0 Å². The highest BCUT2D eigenvalue weighted by molar-refractivity contribution is 5.46. The monoisotopic (exact) mass is 245 g/mol. The molecule has 0 bridgehead atoms. The summed E-state index contributed by atoms with van der Waals surface area (Å²) in [5, 5.41) is 9.49. The molecule has 2 aromatic rings. The Morgan fingerprint density at radius 3 is 2.94 bits per heavy atom. The number of nitrogens with zero attached hydrogens (tertiary/aromatic N) is 1. The van der Waals surface area contributed by atoms with Gasteiger partial charge in [0.2, 0.25) is 0 Å². The Kier molecular flexibility index (Phi) is 2.72. The maximum absolute atomic E-state index is 13.8. The van der Waals surface area contributed by atoms with Gasteiger partial charge >= 0.3 is 0 Å². The lowest BCUT2D eigenvalue weighted by Gasteiger charge is -2.13. The lowest BCUT2D eigenvalue weighted by Crippen LogP contribution is -2.07. The normalized spacial score (nSPS) is 17.3. The number of benzene rings is 1. The predicted octanol–water partition coefficient (Wildman–Crippen LogP) is 2.65. The highest BCUT2D eigenvalue weighted by Gasteiger charge is 2.24. The van der Waals surface area contributed by atoms with Crippen LogP contribution in [0.15, 0.2) is 36.7 Å². The second-order valence-electron chi connectivity index (χ2n) is 4.32. The van der Waals surface area contributed by atoms with Crippen LogP contribution in [0, 0.1) is 5.82 Å². The number of rotatable bonds is 1. The Labute approximate surface area is 104 Å². The van der Waals surface area contributed by atoms with Gasteiger partial charge in [0.1, 0.15) is 11.6 Å². The molecule has 92 valence electrons. The summed E-state index contributed by atoms with van der Waals surface area (Å²) in [5.41, 5.74) is 1.37. The van der Waals surface area contributed by atoms with Gasteiger partial charge in [-0.05, 0) is 12.5 Å². The SMILES string of the molecule is OCC1Cc2c(F)cncc2Oc2ccccc21. The predicted molar refractivity (Wildman–Crippen MR) is 64.2 cm³/mol. The van der Waals surface area contributed by atoms with Crippen LogP contribution in [0.4, 0.5) is 4.39 Å². The number of pyridine rings is 1. The molecule has 0 saturated carbocycles. The standard InChI is InChI=1S/C14H12FNO2/c15-12-6-16-7-14-11(12)5-9(8-17)10-3-1-2-4-13(10)18-14/h1-4,6-7,9,17H,5,8H2. The Morgan fingerprint density at radius 2 is 2.11 bits per heavy atom. The van der Waals surface area contributed by atoms with Crippen LogP contribution in [-0.4, -0.2) is 16.7 Å². The van der Waals surface area contributed by atoms with E-state index in [9.17, 15) is 9.50 Å². The zero-order valence-corrected chi connectivity index (χ0v) is 9.64. The van der Waals surface area contributed by atoms with Gasteiger partial charge in [0.05, 0.1) is 19.0 Å². The average Bonchev–Trinajstić information content (AvgIpc) is 2.55. The molecule has 4 heteroatoms. The molecule has 1 aromatic heterocycles. The van der Waals surface area contributed by atoms with Crippen LogP contribution >= 0.6 is 0 Å². The van der Waals surface area contributed by atoms with E-state index in [1.165, 1.54) is 12.4 Å². The first-order chi connectivity index (χ1) is 8.79. The van der Waals surface area contributed by atoms with Crippen molar-refractivity contribution in [3.05, 3.63) is 53.6 Å². The number of para-hydroxylation sites is 1. The van der Waals surface area contributed by atoms with E-state index in [1.807, 2.05) is 24.3 Å². The van der Waals surface area contributed by atoms with Crippen molar-refractivity contribution < 1.29 is 14.2 Å². The van der Waals surface area contributed by atoms with Crippen molar-refractivity contribution in [3.63, 3.8) is 0 Å². The molecule has 1 aromatic carbocycles. The molecule has 0 fully saturated rings. The summed E-state index contributed by atoms with van der Waals surface area (Å²) in [6.07, 6.45) is 3.10. The minimum atomic E-state index is -0.390. The molecule has 1 unspecified atom stereocenters. The molecular weight excluding hydrogens is 233 g/mol. The van der Waals surface area contributed by atoms with E-state index in [0.29, 0.717) is 23.5 Å². The fraction of sp³-hybridized carbons (Fsp3) is 0.214. The van der Waals surface area contributed by atoms with E-state index in [0.717, 1.165) is 5.56 Å². The zero-order chi connectivity index (χ0) is 12.5. The number of aliphatic hydroxyl groups excluding tert-OH is 1. The van der Waals surface area contributed by atoms with Gasteiger partial charge < -0.3 is 9.84 Å². The van der Waals surface area contributed by atoms with Crippen molar-refractivity contribution in [1.82, 2.24) is 4.98 Å². The molecular formula is C14H12FNO2.